The Morgan fingerprint density at radius 3 is 1.47 bits per heavy atom. The zero-order valence-corrected chi connectivity index (χ0v) is 27.8. The molecule has 0 aromatic carbocycles. The molecule has 0 rings (SSSR count). The summed E-state index contributed by atoms with van der Waals surface area (Å²) in [6, 6.07) is 0. The highest BCUT2D eigenvalue weighted by Gasteiger charge is 2.04. The maximum atomic E-state index is 11.7. The van der Waals surface area contributed by atoms with E-state index in [2.05, 4.69) is 5.32 Å². The summed E-state index contributed by atoms with van der Waals surface area (Å²) in [5, 5.41) is 2.56. The Bertz CT molecular complexity index is 734. The fourth-order valence-corrected chi connectivity index (χ4v) is 3.10. The van der Waals surface area contributed by atoms with Crippen LogP contribution < -0.4 is 5.32 Å². The molecule has 1 amide bonds. The molecule has 0 aliphatic carbocycles. The Kier molecular flexibility index (Phi) is 31.3. The Labute approximate surface area is 268 Å². The van der Waals surface area contributed by atoms with Gasteiger partial charge in [0.2, 0.25) is 0 Å². The first-order valence-electron chi connectivity index (χ1n) is 15.8. The van der Waals surface area contributed by atoms with Gasteiger partial charge in [-0.1, -0.05) is 0 Å². The summed E-state index contributed by atoms with van der Waals surface area (Å²) in [6.07, 6.45) is 4.68. The van der Waals surface area contributed by atoms with Gasteiger partial charge in [-0.3, -0.25) is 9.59 Å². The maximum Gasteiger partial charge on any atom is 0.407 e. The molecule has 0 atom stereocenters. The fraction of sp³-hybridized carbons (Fsp3) is 0.839. The van der Waals surface area contributed by atoms with Gasteiger partial charge in [0.15, 0.2) is 0 Å². The van der Waals surface area contributed by atoms with Gasteiger partial charge in [0.1, 0.15) is 19.8 Å². The van der Waals surface area contributed by atoms with Gasteiger partial charge in [0, 0.05) is 32.6 Å². The monoisotopic (exact) mass is 651 g/mol. The van der Waals surface area contributed by atoms with Gasteiger partial charge in [0.05, 0.1) is 78.3 Å². The zero-order valence-electron chi connectivity index (χ0n) is 27.8. The number of alkyl carbamates (subject to hydrolysis) is 1. The summed E-state index contributed by atoms with van der Waals surface area (Å²) < 4.78 is 52.8. The summed E-state index contributed by atoms with van der Waals surface area (Å²) in [5.74, 6) is -0.613. The van der Waals surface area contributed by atoms with Crippen molar-refractivity contribution in [3.63, 3.8) is 0 Å². The minimum atomic E-state index is -0.584. The molecule has 264 valence electrons. The highest BCUT2D eigenvalue weighted by Crippen LogP contribution is 1.97. The van der Waals surface area contributed by atoms with Crippen molar-refractivity contribution in [2.75, 3.05) is 106 Å². The predicted octanol–water partition coefficient (Wildman–Crippen LogP) is 2.85. The van der Waals surface area contributed by atoms with E-state index in [0.29, 0.717) is 85.3 Å². The van der Waals surface area contributed by atoms with Crippen molar-refractivity contribution >= 4 is 18.0 Å². The molecule has 0 spiro atoms. The number of esters is 2. The smallest absolute Gasteiger partial charge is 0.407 e. The van der Waals surface area contributed by atoms with Gasteiger partial charge >= 0.3 is 18.0 Å². The van der Waals surface area contributed by atoms with Gasteiger partial charge in [-0.05, 0) is 52.7 Å². The third-order valence-corrected chi connectivity index (χ3v) is 5.27. The number of rotatable bonds is 32. The van der Waals surface area contributed by atoms with Crippen molar-refractivity contribution in [1.82, 2.24) is 5.32 Å². The van der Waals surface area contributed by atoms with Crippen molar-refractivity contribution < 1.29 is 61.8 Å². The largest absolute Gasteiger partial charge is 0.463 e. The van der Waals surface area contributed by atoms with Gasteiger partial charge < -0.3 is 52.7 Å². The maximum absolute atomic E-state index is 11.7. The summed E-state index contributed by atoms with van der Waals surface area (Å²) >= 11 is 0. The molecule has 14 nitrogen and oxygen atoms in total. The summed E-state index contributed by atoms with van der Waals surface area (Å²) in [4.78, 5) is 35.0. The second-order valence-electron chi connectivity index (χ2n) is 10.0. The lowest BCUT2D eigenvalue weighted by atomic mass is 10.3. The SMILES string of the molecule is CC(C)OCCOCCCC(=O)OCCOCCOCCNC(=O)OC/C=C/COC(=O)CCCOCCOCCOC(C)C. The third-order valence-electron chi connectivity index (χ3n) is 5.27. The second-order valence-corrected chi connectivity index (χ2v) is 10.0. The van der Waals surface area contributed by atoms with E-state index in [-0.39, 0.29) is 70.1 Å². The third kappa shape index (κ3) is 36.0. The van der Waals surface area contributed by atoms with E-state index in [9.17, 15) is 14.4 Å². The number of ether oxygens (including phenoxy) is 10. The average Bonchev–Trinajstić information content (AvgIpc) is 2.99. The van der Waals surface area contributed by atoms with E-state index in [1.54, 1.807) is 12.2 Å². The van der Waals surface area contributed by atoms with Gasteiger partial charge in [-0.15, -0.1) is 0 Å². The van der Waals surface area contributed by atoms with E-state index in [1.165, 1.54) is 0 Å². The first kappa shape index (κ1) is 42.7. The first-order chi connectivity index (χ1) is 21.8. The molecular weight excluding hydrogens is 594 g/mol. The molecule has 0 aromatic rings. The van der Waals surface area contributed by atoms with Crippen molar-refractivity contribution in [2.24, 2.45) is 0 Å². The number of carbonyl (C=O) groups is 3. The van der Waals surface area contributed by atoms with E-state index in [0.717, 1.165) is 0 Å². The molecule has 0 radical (unpaired) electrons. The lowest BCUT2D eigenvalue weighted by Gasteiger charge is -2.09. The molecule has 0 saturated carbocycles. The molecule has 45 heavy (non-hydrogen) atoms. The molecular formula is C31H57NO13. The number of hydrogen-bond acceptors (Lipinski definition) is 13. The van der Waals surface area contributed by atoms with Crippen LogP contribution in [-0.4, -0.2) is 136 Å². The Morgan fingerprint density at radius 1 is 0.511 bits per heavy atom. The van der Waals surface area contributed by atoms with Crippen molar-refractivity contribution in [1.29, 1.82) is 0 Å². The Hall–Kier alpha value is -2.33. The Balaban J connectivity index is 3.39. The van der Waals surface area contributed by atoms with Crippen LogP contribution in [0.1, 0.15) is 53.4 Å². The normalized spacial score (nSPS) is 11.4. The predicted molar refractivity (Wildman–Crippen MR) is 165 cm³/mol. The second kappa shape index (κ2) is 33.0. The van der Waals surface area contributed by atoms with Crippen LogP contribution >= 0.6 is 0 Å². The van der Waals surface area contributed by atoms with Crippen LogP contribution in [0.15, 0.2) is 12.2 Å². The van der Waals surface area contributed by atoms with Gasteiger partial charge in [0.25, 0.3) is 0 Å². The zero-order chi connectivity index (χ0) is 33.2. The van der Waals surface area contributed by atoms with E-state index < -0.39 is 6.09 Å². The van der Waals surface area contributed by atoms with Crippen LogP contribution in [-0.2, 0) is 57.0 Å². The number of carbonyl (C=O) groups excluding carboxylic acids is 3. The Morgan fingerprint density at radius 2 is 0.933 bits per heavy atom. The molecule has 0 heterocycles. The highest BCUT2D eigenvalue weighted by atomic mass is 16.6. The van der Waals surface area contributed by atoms with Crippen LogP contribution in [0.3, 0.4) is 0 Å². The number of hydrogen-bond donors (Lipinski definition) is 1. The topological polar surface area (TPSA) is 156 Å². The van der Waals surface area contributed by atoms with E-state index in [4.69, 9.17) is 47.4 Å². The number of nitrogens with one attached hydrogen (secondary N) is 1. The molecule has 0 unspecified atom stereocenters. The quantitative estimate of drug-likeness (QED) is 0.0491. The van der Waals surface area contributed by atoms with Crippen LogP contribution in [0.25, 0.3) is 0 Å². The minimum Gasteiger partial charge on any atom is -0.463 e. The molecule has 1 N–H and O–H groups in total. The van der Waals surface area contributed by atoms with Crippen LogP contribution in [0.5, 0.6) is 0 Å². The van der Waals surface area contributed by atoms with E-state index >= 15 is 0 Å². The molecule has 0 aliphatic rings. The first-order valence-corrected chi connectivity index (χ1v) is 15.8. The number of amides is 1. The summed E-state index contributed by atoms with van der Waals surface area (Å²) in [6.45, 7) is 13.7. The molecule has 0 fully saturated rings. The fourth-order valence-electron chi connectivity index (χ4n) is 3.10. The lowest BCUT2D eigenvalue weighted by molar-refractivity contribution is -0.146. The lowest BCUT2D eigenvalue weighted by Crippen LogP contribution is -2.28. The molecule has 14 heteroatoms. The molecule has 0 saturated heterocycles. The van der Waals surface area contributed by atoms with Crippen LogP contribution in [0.4, 0.5) is 4.79 Å². The minimum absolute atomic E-state index is 0.0454. The van der Waals surface area contributed by atoms with Gasteiger partial charge in [-0.25, -0.2) is 4.79 Å². The highest BCUT2D eigenvalue weighted by molar-refractivity contribution is 5.69. The molecule has 0 aliphatic heterocycles. The van der Waals surface area contributed by atoms with Crippen LogP contribution in [0, 0.1) is 0 Å². The van der Waals surface area contributed by atoms with Crippen LogP contribution in [0.2, 0.25) is 0 Å². The van der Waals surface area contributed by atoms with Crippen molar-refractivity contribution in [2.45, 2.75) is 65.6 Å². The average molecular weight is 652 g/mol. The van der Waals surface area contributed by atoms with Crippen molar-refractivity contribution in [3.05, 3.63) is 12.2 Å². The molecule has 0 aromatic heterocycles. The van der Waals surface area contributed by atoms with Gasteiger partial charge in [-0.2, -0.15) is 0 Å². The molecule has 0 bridgehead atoms. The van der Waals surface area contributed by atoms with Crippen molar-refractivity contribution in [3.8, 4) is 0 Å². The standard InChI is InChI=1S/C31H57NO13/c1-27(2)41-24-21-37-13-8-10-30(34)44-26-23-40-20-18-38-16-11-32-31(35)45-15-6-5-14-43-29(33)9-7-12-36-17-19-39-22-25-42-28(3)4/h5-6,27-28H,7-26H2,1-4H3,(H,32,35)/b6-5+. The summed E-state index contributed by atoms with van der Waals surface area (Å²) in [5.41, 5.74) is 0. The van der Waals surface area contributed by atoms with E-state index in [1.807, 2.05) is 27.7 Å². The summed E-state index contributed by atoms with van der Waals surface area (Å²) in [7, 11) is 0.